The van der Waals surface area contributed by atoms with Crippen molar-refractivity contribution >= 4 is 16.0 Å². The Kier molecular flexibility index (Phi) is 5.21. The third kappa shape index (κ3) is 3.40. The fourth-order valence-corrected chi connectivity index (χ4v) is 2.86. The molecule has 0 atom stereocenters. The maximum Gasteiger partial charge on any atom is 0.340 e. The number of hydrogen-bond donors (Lipinski definition) is 2. The van der Waals surface area contributed by atoms with Crippen LogP contribution in [0.4, 0.5) is 0 Å². The number of rotatable bonds is 8. The minimum absolute atomic E-state index is 0.0454. The molecule has 0 bridgehead atoms. The van der Waals surface area contributed by atoms with Crippen molar-refractivity contribution in [2.75, 3.05) is 26.8 Å². The molecule has 19 heavy (non-hydrogen) atoms. The van der Waals surface area contributed by atoms with Crippen LogP contribution < -0.4 is 0 Å². The van der Waals surface area contributed by atoms with Gasteiger partial charge in [-0.05, 0) is 0 Å². The zero-order chi connectivity index (χ0) is 14.5. The quantitative estimate of drug-likeness (QED) is 0.648. The summed E-state index contributed by atoms with van der Waals surface area (Å²) in [4.78, 5) is 10.9. The van der Waals surface area contributed by atoms with E-state index >= 15 is 0 Å². The van der Waals surface area contributed by atoms with Crippen LogP contribution in [0, 0.1) is 0 Å². The molecule has 0 unspecified atom stereocenters. The Labute approximate surface area is 110 Å². The fraction of sp³-hybridized carbons (Fsp3) is 0.400. The van der Waals surface area contributed by atoms with Crippen LogP contribution in [0.1, 0.15) is 10.4 Å². The minimum atomic E-state index is -3.98. The zero-order valence-electron chi connectivity index (χ0n) is 10.4. The molecule has 1 aromatic heterocycles. The molecule has 2 N–H and O–H groups in total. The summed E-state index contributed by atoms with van der Waals surface area (Å²) >= 11 is 0. The molecular weight excluding hydrogens is 274 g/mol. The summed E-state index contributed by atoms with van der Waals surface area (Å²) in [5.74, 6) is -1.36. The van der Waals surface area contributed by atoms with Crippen LogP contribution in [0.25, 0.3) is 0 Å². The maximum atomic E-state index is 12.3. The van der Waals surface area contributed by atoms with Crippen molar-refractivity contribution in [2.45, 2.75) is 5.03 Å². The minimum Gasteiger partial charge on any atom is -0.478 e. The van der Waals surface area contributed by atoms with E-state index in [1.54, 1.807) is 0 Å². The van der Waals surface area contributed by atoms with Gasteiger partial charge in [-0.25, -0.2) is 13.2 Å². The Bertz CT molecular complexity index is 551. The van der Waals surface area contributed by atoms with E-state index in [9.17, 15) is 13.2 Å². The van der Waals surface area contributed by atoms with E-state index in [0.29, 0.717) is 0 Å². The summed E-state index contributed by atoms with van der Waals surface area (Å²) in [6.45, 7) is 3.79. The van der Waals surface area contributed by atoms with E-state index in [0.717, 1.165) is 10.5 Å². The molecule has 1 aromatic rings. The highest BCUT2D eigenvalue weighted by atomic mass is 32.2. The average molecular weight is 289 g/mol. The number of sulfonamides is 1. The molecular formula is C10H15N3O5S. The Balaban J connectivity index is 3.14. The number of ether oxygens (including phenoxy) is 1. The normalized spacial score (nSPS) is 11.7. The van der Waals surface area contributed by atoms with Crippen molar-refractivity contribution in [3.63, 3.8) is 0 Å². The molecule has 8 nitrogen and oxygen atoms in total. The lowest BCUT2D eigenvalue weighted by atomic mass is 10.4. The molecule has 0 aliphatic heterocycles. The van der Waals surface area contributed by atoms with Gasteiger partial charge in [0.1, 0.15) is 5.56 Å². The van der Waals surface area contributed by atoms with E-state index in [2.05, 4.69) is 16.8 Å². The summed E-state index contributed by atoms with van der Waals surface area (Å²) in [5.41, 5.74) is -0.397. The highest BCUT2D eigenvalue weighted by molar-refractivity contribution is 7.89. The number of carbonyl (C=O) groups is 1. The number of nitrogens with zero attached hydrogens (tertiary/aromatic N) is 2. The summed E-state index contributed by atoms with van der Waals surface area (Å²) in [7, 11) is -2.54. The summed E-state index contributed by atoms with van der Waals surface area (Å²) in [5, 5.41) is 14.1. The van der Waals surface area contributed by atoms with Crippen LogP contribution >= 0.6 is 0 Å². The molecule has 0 saturated carbocycles. The first kappa shape index (κ1) is 15.3. The van der Waals surface area contributed by atoms with Gasteiger partial charge in [-0.1, -0.05) is 6.08 Å². The third-order valence-electron chi connectivity index (χ3n) is 2.31. The highest BCUT2D eigenvalue weighted by Crippen LogP contribution is 2.17. The van der Waals surface area contributed by atoms with E-state index in [1.165, 1.54) is 13.2 Å². The van der Waals surface area contributed by atoms with Gasteiger partial charge in [0.25, 0.3) is 10.0 Å². The topological polar surface area (TPSA) is 113 Å². The molecule has 0 spiro atoms. The first-order valence-corrected chi connectivity index (χ1v) is 6.75. The second kappa shape index (κ2) is 6.45. The number of nitrogens with one attached hydrogen (secondary N) is 1. The second-order valence-electron chi connectivity index (χ2n) is 3.56. The van der Waals surface area contributed by atoms with Crippen molar-refractivity contribution in [1.29, 1.82) is 0 Å². The maximum absolute atomic E-state index is 12.3. The van der Waals surface area contributed by atoms with Crippen LogP contribution in [0.5, 0.6) is 0 Å². The smallest absolute Gasteiger partial charge is 0.340 e. The number of methoxy groups -OCH3 is 1. The molecule has 106 valence electrons. The number of aromatic amines is 1. The van der Waals surface area contributed by atoms with E-state index in [-0.39, 0.29) is 19.7 Å². The van der Waals surface area contributed by atoms with Gasteiger partial charge in [0.2, 0.25) is 0 Å². The van der Waals surface area contributed by atoms with Crippen LogP contribution in [-0.2, 0) is 14.8 Å². The van der Waals surface area contributed by atoms with Crippen molar-refractivity contribution in [2.24, 2.45) is 0 Å². The Hall–Kier alpha value is -1.71. The van der Waals surface area contributed by atoms with Gasteiger partial charge >= 0.3 is 5.97 Å². The van der Waals surface area contributed by atoms with Crippen molar-refractivity contribution in [3.05, 3.63) is 24.4 Å². The van der Waals surface area contributed by atoms with Gasteiger partial charge in [0, 0.05) is 20.2 Å². The molecule has 0 fully saturated rings. The Morgan fingerprint density at radius 3 is 2.89 bits per heavy atom. The lowest BCUT2D eigenvalue weighted by Gasteiger charge is -2.19. The highest BCUT2D eigenvalue weighted by Gasteiger charge is 2.30. The number of hydrogen-bond acceptors (Lipinski definition) is 5. The zero-order valence-corrected chi connectivity index (χ0v) is 11.2. The molecule has 0 aromatic carbocycles. The van der Waals surface area contributed by atoms with E-state index in [1.807, 2.05) is 0 Å². The predicted molar refractivity (Wildman–Crippen MR) is 66.4 cm³/mol. The van der Waals surface area contributed by atoms with E-state index < -0.39 is 26.6 Å². The summed E-state index contributed by atoms with van der Waals surface area (Å²) in [6.07, 6.45) is 2.36. The SMILES string of the molecule is C=CCN(CCOC)S(=O)(=O)c1[nH]ncc1C(=O)O. The van der Waals surface area contributed by atoms with Crippen molar-refractivity contribution in [1.82, 2.24) is 14.5 Å². The van der Waals surface area contributed by atoms with Crippen LogP contribution in [0.15, 0.2) is 23.9 Å². The van der Waals surface area contributed by atoms with Gasteiger partial charge < -0.3 is 9.84 Å². The fourth-order valence-electron chi connectivity index (χ4n) is 1.40. The predicted octanol–water partition coefficient (Wildman–Crippen LogP) is -0.0690. The molecule has 9 heteroatoms. The van der Waals surface area contributed by atoms with Gasteiger partial charge in [0.15, 0.2) is 5.03 Å². The van der Waals surface area contributed by atoms with Gasteiger partial charge in [-0.2, -0.15) is 9.40 Å². The molecule has 0 radical (unpaired) electrons. The van der Waals surface area contributed by atoms with E-state index in [4.69, 9.17) is 9.84 Å². The average Bonchev–Trinajstić information content (AvgIpc) is 2.84. The molecule has 0 aliphatic carbocycles. The van der Waals surface area contributed by atoms with Gasteiger partial charge in [-0.15, -0.1) is 6.58 Å². The number of carboxylic acids is 1. The van der Waals surface area contributed by atoms with Gasteiger partial charge in [0.05, 0.1) is 12.8 Å². The Morgan fingerprint density at radius 2 is 2.37 bits per heavy atom. The number of carboxylic acid groups (broad SMARTS) is 1. The second-order valence-corrected chi connectivity index (χ2v) is 5.44. The van der Waals surface area contributed by atoms with Crippen LogP contribution in [0.2, 0.25) is 0 Å². The number of aromatic nitrogens is 2. The van der Waals surface area contributed by atoms with Crippen molar-refractivity contribution < 1.29 is 23.1 Å². The summed E-state index contributed by atoms with van der Waals surface area (Å²) < 4.78 is 30.5. The van der Waals surface area contributed by atoms with Gasteiger partial charge in [-0.3, -0.25) is 5.10 Å². The third-order valence-corrected chi connectivity index (χ3v) is 4.15. The largest absolute Gasteiger partial charge is 0.478 e. The lowest BCUT2D eigenvalue weighted by Crippen LogP contribution is -2.35. The standard InChI is InChI=1S/C10H15N3O5S/c1-3-4-13(5-6-18-2)19(16,17)9-8(10(14)15)7-11-12-9/h3,7H,1,4-6H2,2H3,(H,11,12)(H,14,15). The number of aromatic carboxylic acids is 1. The van der Waals surface area contributed by atoms with Crippen LogP contribution in [0.3, 0.4) is 0 Å². The molecule has 1 heterocycles. The van der Waals surface area contributed by atoms with Crippen LogP contribution in [-0.4, -0.2) is 60.8 Å². The monoisotopic (exact) mass is 289 g/mol. The Morgan fingerprint density at radius 1 is 1.68 bits per heavy atom. The molecule has 0 aliphatic rings. The summed E-state index contributed by atoms with van der Waals surface area (Å²) in [6, 6.07) is 0. The first-order valence-electron chi connectivity index (χ1n) is 5.31. The molecule has 0 amide bonds. The molecule has 0 saturated heterocycles. The molecule has 1 rings (SSSR count). The first-order chi connectivity index (χ1) is 8.95. The number of H-pyrrole nitrogens is 1. The van der Waals surface area contributed by atoms with Crippen molar-refractivity contribution in [3.8, 4) is 0 Å². The lowest BCUT2D eigenvalue weighted by molar-refractivity contribution is 0.0692.